The van der Waals surface area contributed by atoms with Crippen molar-refractivity contribution in [2.45, 2.75) is 19.9 Å². The summed E-state index contributed by atoms with van der Waals surface area (Å²) in [5.74, 6) is -1.16. The van der Waals surface area contributed by atoms with Gasteiger partial charge in [0.25, 0.3) is 11.7 Å². The zero-order valence-electron chi connectivity index (χ0n) is 21.0. The van der Waals surface area contributed by atoms with E-state index in [4.69, 9.17) is 14.2 Å². The number of anilines is 1. The van der Waals surface area contributed by atoms with Crippen molar-refractivity contribution in [3.8, 4) is 11.5 Å². The summed E-state index contributed by atoms with van der Waals surface area (Å²) < 4.78 is 15.6. The van der Waals surface area contributed by atoms with Crippen LogP contribution in [0.1, 0.15) is 40.0 Å². The Bertz CT molecular complexity index is 1370. The molecule has 1 atom stereocenters. The molecule has 8 heteroatoms. The molecule has 1 unspecified atom stereocenters. The molecule has 37 heavy (non-hydrogen) atoms. The third-order valence-electron chi connectivity index (χ3n) is 6.19. The molecular formula is C29H27NO7. The van der Waals surface area contributed by atoms with Gasteiger partial charge in [0.05, 0.1) is 38.0 Å². The second-order valence-corrected chi connectivity index (χ2v) is 8.39. The van der Waals surface area contributed by atoms with E-state index in [1.807, 2.05) is 13.8 Å². The number of aryl methyl sites for hydroxylation is 1. The molecule has 0 saturated carbocycles. The van der Waals surface area contributed by atoms with Gasteiger partial charge in [0, 0.05) is 11.3 Å². The van der Waals surface area contributed by atoms with Crippen LogP contribution in [-0.2, 0) is 14.3 Å². The lowest BCUT2D eigenvalue weighted by atomic mass is 9.94. The number of ketones is 1. The summed E-state index contributed by atoms with van der Waals surface area (Å²) in [7, 11) is 2.82. The monoisotopic (exact) mass is 501 g/mol. The highest BCUT2D eigenvalue weighted by atomic mass is 16.5. The van der Waals surface area contributed by atoms with Crippen molar-refractivity contribution in [3.05, 3.63) is 94.6 Å². The van der Waals surface area contributed by atoms with Gasteiger partial charge in [-0.1, -0.05) is 12.1 Å². The van der Waals surface area contributed by atoms with Gasteiger partial charge in [0.1, 0.15) is 17.3 Å². The Balaban J connectivity index is 1.87. The minimum Gasteiger partial charge on any atom is -0.507 e. The van der Waals surface area contributed by atoms with Crippen molar-refractivity contribution in [2.24, 2.45) is 0 Å². The number of aliphatic hydroxyl groups excluding tert-OH is 1. The van der Waals surface area contributed by atoms with E-state index >= 15 is 0 Å². The van der Waals surface area contributed by atoms with E-state index in [1.165, 1.54) is 31.3 Å². The fourth-order valence-corrected chi connectivity index (χ4v) is 4.35. The maximum absolute atomic E-state index is 13.4. The van der Waals surface area contributed by atoms with Crippen LogP contribution < -0.4 is 14.4 Å². The number of nitrogens with zero attached hydrogens (tertiary/aromatic N) is 1. The van der Waals surface area contributed by atoms with E-state index in [0.717, 1.165) is 5.56 Å². The Labute approximate surface area is 214 Å². The van der Waals surface area contributed by atoms with Crippen LogP contribution in [0, 0.1) is 6.92 Å². The molecule has 0 spiro atoms. The standard InChI is InChI=1S/C29H27NO7/c1-5-37-23-15-10-20(16-17(23)2)26(31)24-25(18-8-13-22(35-3)14-9-18)30(28(33)27(24)32)21-11-6-19(7-12-21)29(34)36-4/h6-16,25,31H,5H2,1-4H3/b26-24-. The number of hydrogen-bond acceptors (Lipinski definition) is 7. The molecule has 0 radical (unpaired) electrons. The Morgan fingerprint density at radius 2 is 1.59 bits per heavy atom. The second kappa shape index (κ2) is 10.6. The largest absolute Gasteiger partial charge is 0.507 e. The third-order valence-corrected chi connectivity index (χ3v) is 6.19. The molecule has 1 heterocycles. The fourth-order valence-electron chi connectivity index (χ4n) is 4.35. The first-order chi connectivity index (χ1) is 17.8. The molecule has 0 bridgehead atoms. The number of benzene rings is 3. The zero-order chi connectivity index (χ0) is 26.7. The summed E-state index contributed by atoms with van der Waals surface area (Å²) in [6, 6.07) is 17.2. The first kappa shape index (κ1) is 25.5. The number of ether oxygens (including phenoxy) is 3. The average Bonchev–Trinajstić information content (AvgIpc) is 3.19. The van der Waals surface area contributed by atoms with Crippen LogP contribution in [0.4, 0.5) is 5.69 Å². The number of rotatable bonds is 7. The van der Waals surface area contributed by atoms with Crippen LogP contribution in [0.15, 0.2) is 72.3 Å². The van der Waals surface area contributed by atoms with Crippen molar-refractivity contribution in [2.75, 3.05) is 25.7 Å². The topological polar surface area (TPSA) is 102 Å². The van der Waals surface area contributed by atoms with Gasteiger partial charge < -0.3 is 19.3 Å². The Kier molecular flexibility index (Phi) is 7.29. The number of amides is 1. The van der Waals surface area contributed by atoms with Crippen LogP contribution >= 0.6 is 0 Å². The number of aliphatic hydroxyl groups is 1. The lowest BCUT2D eigenvalue weighted by Crippen LogP contribution is -2.29. The van der Waals surface area contributed by atoms with Gasteiger partial charge in [-0.25, -0.2) is 4.79 Å². The van der Waals surface area contributed by atoms with Crippen molar-refractivity contribution in [3.63, 3.8) is 0 Å². The van der Waals surface area contributed by atoms with Gasteiger partial charge >= 0.3 is 5.97 Å². The highest BCUT2D eigenvalue weighted by molar-refractivity contribution is 6.51. The molecule has 190 valence electrons. The quantitative estimate of drug-likeness (QED) is 0.214. The molecule has 4 rings (SSSR count). The lowest BCUT2D eigenvalue weighted by molar-refractivity contribution is -0.132. The summed E-state index contributed by atoms with van der Waals surface area (Å²) in [5.41, 5.74) is 2.40. The third kappa shape index (κ3) is 4.78. The minimum atomic E-state index is -0.915. The number of methoxy groups -OCH3 is 2. The number of Topliss-reactive ketones (excluding diaryl/α,β-unsaturated/α-hetero) is 1. The molecule has 3 aromatic carbocycles. The van der Waals surface area contributed by atoms with Crippen molar-refractivity contribution in [1.82, 2.24) is 0 Å². The maximum Gasteiger partial charge on any atom is 0.337 e. The van der Waals surface area contributed by atoms with E-state index in [9.17, 15) is 19.5 Å². The average molecular weight is 502 g/mol. The van der Waals surface area contributed by atoms with E-state index in [2.05, 4.69) is 0 Å². The molecule has 8 nitrogen and oxygen atoms in total. The normalized spacial score (nSPS) is 16.5. The van der Waals surface area contributed by atoms with Gasteiger partial charge in [-0.15, -0.1) is 0 Å². The summed E-state index contributed by atoms with van der Waals surface area (Å²) in [6.45, 7) is 4.20. The molecule has 1 fully saturated rings. The van der Waals surface area contributed by atoms with Crippen LogP contribution in [-0.4, -0.2) is 43.6 Å². The molecule has 0 aliphatic carbocycles. The lowest BCUT2D eigenvalue weighted by Gasteiger charge is -2.25. The molecular weight excluding hydrogens is 474 g/mol. The van der Waals surface area contributed by atoms with Gasteiger partial charge in [-0.05, 0) is 79.6 Å². The van der Waals surface area contributed by atoms with Crippen molar-refractivity contribution < 1.29 is 33.7 Å². The predicted octanol–water partition coefficient (Wildman–Crippen LogP) is 4.82. The van der Waals surface area contributed by atoms with Crippen molar-refractivity contribution in [1.29, 1.82) is 0 Å². The molecule has 1 aliphatic heterocycles. The first-order valence-corrected chi connectivity index (χ1v) is 11.7. The first-order valence-electron chi connectivity index (χ1n) is 11.7. The number of carbonyl (C=O) groups excluding carboxylic acids is 3. The van der Waals surface area contributed by atoms with E-state index in [-0.39, 0.29) is 11.3 Å². The molecule has 3 aromatic rings. The molecule has 0 aromatic heterocycles. The second-order valence-electron chi connectivity index (χ2n) is 8.39. The van der Waals surface area contributed by atoms with Crippen LogP contribution in [0.5, 0.6) is 11.5 Å². The number of esters is 1. The van der Waals surface area contributed by atoms with Gasteiger partial charge in [0.15, 0.2) is 0 Å². The maximum atomic E-state index is 13.4. The molecule has 1 N–H and O–H groups in total. The summed E-state index contributed by atoms with van der Waals surface area (Å²) in [4.78, 5) is 39.9. The Morgan fingerprint density at radius 1 is 0.946 bits per heavy atom. The van der Waals surface area contributed by atoms with Crippen LogP contribution in [0.25, 0.3) is 5.76 Å². The van der Waals surface area contributed by atoms with Gasteiger partial charge in [-0.2, -0.15) is 0 Å². The number of hydrogen-bond donors (Lipinski definition) is 1. The van der Waals surface area contributed by atoms with Crippen LogP contribution in [0.3, 0.4) is 0 Å². The van der Waals surface area contributed by atoms with Crippen molar-refractivity contribution >= 4 is 29.1 Å². The zero-order valence-corrected chi connectivity index (χ0v) is 21.0. The van der Waals surface area contributed by atoms with Crippen LogP contribution in [0.2, 0.25) is 0 Å². The summed E-state index contributed by atoms with van der Waals surface area (Å²) in [5, 5.41) is 11.4. The Hall–Kier alpha value is -4.59. The highest BCUT2D eigenvalue weighted by Crippen LogP contribution is 2.42. The minimum absolute atomic E-state index is 0.0456. The van der Waals surface area contributed by atoms with Gasteiger partial charge in [0.2, 0.25) is 0 Å². The van der Waals surface area contributed by atoms with Gasteiger partial charge in [-0.3, -0.25) is 14.5 Å². The number of carbonyl (C=O) groups is 3. The van der Waals surface area contributed by atoms with E-state index < -0.39 is 23.7 Å². The predicted molar refractivity (Wildman–Crippen MR) is 138 cm³/mol. The van der Waals surface area contributed by atoms with E-state index in [0.29, 0.717) is 40.5 Å². The highest BCUT2D eigenvalue weighted by Gasteiger charge is 2.47. The summed E-state index contributed by atoms with van der Waals surface area (Å²) in [6.07, 6.45) is 0. The van der Waals surface area contributed by atoms with E-state index in [1.54, 1.807) is 54.6 Å². The smallest absolute Gasteiger partial charge is 0.337 e. The SMILES string of the molecule is CCOc1ccc(/C(O)=C2/C(=O)C(=O)N(c3ccc(C(=O)OC)cc3)C2c2ccc(OC)cc2)cc1C. The molecule has 1 aliphatic rings. The Morgan fingerprint density at radius 3 is 2.16 bits per heavy atom. The molecule has 1 saturated heterocycles. The fraction of sp³-hybridized carbons (Fsp3) is 0.207. The molecule has 1 amide bonds. The summed E-state index contributed by atoms with van der Waals surface area (Å²) >= 11 is 0.